The molecule has 7 nitrogen and oxygen atoms in total. The molecular weight excluding hydrogens is 284 g/mol. The van der Waals surface area contributed by atoms with Gasteiger partial charge in [-0.1, -0.05) is 5.16 Å². The highest BCUT2D eigenvalue weighted by Crippen LogP contribution is 2.29. The van der Waals surface area contributed by atoms with Gasteiger partial charge in [-0.2, -0.15) is 0 Å². The van der Waals surface area contributed by atoms with Crippen LogP contribution in [0, 0.1) is 26.7 Å². The van der Waals surface area contributed by atoms with Gasteiger partial charge in [-0.15, -0.1) is 10.2 Å². The van der Waals surface area contributed by atoms with Crippen molar-refractivity contribution < 1.29 is 13.7 Å². The Labute approximate surface area is 128 Å². The van der Waals surface area contributed by atoms with Crippen molar-refractivity contribution in [3.63, 3.8) is 0 Å². The van der Waals surface area contributed by atoms with Crippen LogP contribution in [0.1, 0.15) is 52.9 Å². The largest absolute Gasteiger partial charge is 0.426 e. The van der Waals surface area contributed by atoms with E-state index in [1.165, 1.54) is 0 Å². The van der Waals surface area contributed by atoms with Gasteiger partial charge in [0.15, 0.2) is 0 Å². The van der Waals surface area contributed by atoms with Gasteiger partial charge in [-0.05, 0) is 39.0 Å². The molecule has 1 amide bonds. The first-order valence-electron chi connectivity index (χ1n) is 7.55. The maximum Gasteiger partial charge on any atom is 0.257 e. The van der Waals surface area contributed by atoms with E-state index in [1.54, 1.807) is 20.8 Å². The molecule has 1 N–H and O–H groups in total. The van der Waals surface area contributed by atoms with E-state index >= 15 is 0 Å². The lowest BCUT2D eigenvalue weighted by Gasteiger charge is -2.12. The van der Waals surface area contributed by atoms with E-state index in [4.69, 9.17) is 8.94 Å². The van der Waals surface area contributed by atoms with Gasteiger partial charge in [0, 0.05) is 19.4 Å². The lowest BCUT2D eigenvalue weighted by atomic mass is 10.0. The molecule has 0 radical (unpaired) electrons. The minimum absolute atomic E-state index is 0.101. The summed E-state index contributed by atoms with van der Waals surface area (Å²) in [6.45, 7) is 5.32. The van der Waals surface area contributed by atoms with E-state index in [1.807, 2.05) is 0 Å². The molecule has 1 aliphatic rings. The van der Waals surface area contributed by atoms with E-state index in [0.717, 1.165) is 25.7 Å². The van der Waals surface area contributed by atoms with Crippen LogP contribution in [0.15, 0.2) is 8.94 Å². The van der Waals surface area contributed by atoms with Crippen LogP contribution >= 0.6 is 0 Å². The molecule has 0 unspecified atom stereocenters. The number of nitrogens with one attached hydrogen (secondary N) is 1. The number of hydrogen-bond acceptors (Lipinski definition) is 6. The summed E-state index contributed by atoms with van der Waals surface area (Å²) < 4.78 is 10.5. The number of carbonyl (C=O) groups excluding carboxylic acids is 1. The first kappa shape index (κ1) is 14.7. The van der Waals surface area contributed by atoms with Crippen LogP contribution in [0.4, 0.5) is 0 Å². The van der Waals surface area contributed by atoms with Gasteiger partial charge in [-0.3, -0.25) is 4.79 Å². The van der Waals surface area contributed by atoms with Crippen LogP contribution < -0.4 is 5.32 Å². The minimum Gasteiger partial charge on any atom is -0.426 e. The molecule has 7 heteroatoms. The zero-order chi connectivity index (χ0) is 15.7. The van der Waals surface area contributed by atoms with Crippen LogP contribution in [0.2, 0.25) is 0 Å². The van der Waals surface area contributed by atoms with Gasteiger partial charge in [0.1, 0.15) is 11.3 Å². The predicted molar refractivity (Wildman–Crippen MR) is 77.3 cm³/mol. The first-order valence-corrected chi connectivity index (χ1v) is 7.55. The Kier molecular flexibility index (Phi) is 3.96. The monoisotopic (exact) mass is 304 g/mol. The molecule has 2 aromatic rings. The topological polar surface area (TPSA) is 94.1 Å². The van der Waals surface area contributed by atoms with Gasteiger partial charge in [0.2, 0.25) is 11.8 Å². The van der Waals surface area contributed by atoms with E-state index < -0.39 is 0 Å². The number of nitrogens with zero attached hydrogens (tertiary/aromatic N) is 3. The van der Waals surface area contributed by atoms with Crippen LogP contribution in [0.25, 0.3) is 0 Å². The molecule has 1 fully saturated rings. The predicted octanol–water partition coefficient (Wildman–Crippen LogP) is 2.12. The lowest BCUT2D eigenvalue weighted by Crippen LogP contribution is -2.33. The summed E-state index contributed by atoms with van der Waals surface area (Å²) >= 11 is 0. The van der Waals surface area contributed by atoms with Crippen molar-refractivity contribution in [2.24, 2.45) is 5.92 Å². The number of carbonyl (C=O) groups is 1. The normalized spacial score (nSPS) is 21.2. The van der Waals surface area contributed by atoms with Gasteiger partial charge in [0.25, 0.3) is 5.91 Å². The molecule has 3 rings (SSSR count). The Hall–Kier alpha value is -2.18. The number of aromatic nitrogens is 3. The second-order valence-electron chi connectivity index (χ2n) is 5.97. The van der Waals surface area contributed by atoms with Gasteiger partial charge in [-0.25, -0.2) is 0 Å². The molecule has 2 atom stereocenters. The summed E-state index contributed by atoms with van der Waals surface area (Å²) in [7, 11) is 0. The molecule has 118 valence electrons. The van der Waals surface area contributed by atoms with Crippen molar-refractivity contribution in [2.75, 3.05) is 0 Å². The molecular formula is C15H20N4O3. The van der Waals surface area contributed by atoms with Gasteiger partial charge >= 0.3 is 0 Å². The Balaban J connectivity index is 1.56. The average Bonchev–Trinajstić information content (AvgIpc) is 3.14. The van der Waals surface area contributed by atoms with Gasteiger partial charge in [0.05, 0.1) is 5.69 Å². The fourth-order valence-electron chi connectivity index (χ4n) is 3.12. The number of aryl methyl sites for hydroxylation is 3. The summed E-state index contributed by atoms with van der Waals surface area (Å²) in [5, 5.41) is 14.8. The fraction of sp³-hybridized carbons (Fsp3) is 0.600. The van der Waals surface area contributed by atoms with E-state index in [2.05, 4.69) is 20.7 Å². The Morgan fingerprint density at radius 2 is 2.09 bits per heavy atom. The number of hydrogen-bond donors (Lipinski definition) is 1. The summed E-state index contributed by atoms with van der Waals surface area (Å²) in [4.78, 5) is 12.3. The maximum absolute atomic E-state index is 12.3. The molecule has 22 heavy (non-hydrogen) atoms. The Morgan fingerprint density at radius 3 is 2.73 bits per heavy atom. The molecule has 2 heterocycles. The Morgan fingerprint density at radius 1 is 1.27 bits per heavy atom. The lowest BCUT2D eigenvalue weighted by molar-refractivity contribution is 0.0935. The van der Waals surface area contributed by atoms with Crippen molar-refractivity contribution in [3.05, 3.63) is 28.8 Å². The standard InChI is InChI=1S/C15H20N4O3/c1-8-14(9(2)22-19-8)15(20)16-12-5-4-11(6-12)7-13-18-17-10(3)21-13/h11-12H,4-7H2,1-3H3,(H,16,20)/t11-,12+/m1/s1. The highest BCUT2D eigenvalue weighted by atomic mass is 16.5. The van der Waals surface area contributed by atoms with E-state index in [0.29, 0.717) is 34.7 Å². The molecule has 2 aromatic heterocycles. The van der Waals surface area contributed by atoms with Crippen LogP contribution in [-0.2, 0) is 6.42 Å². The SMILES string of the molecule is Cc1nnc(C[C@@H]2CC[C@H](NC(=O)c3c(C)noc3C)C2)o1. The third-order valence-corrected chi connectivity index (χ3v) is 4.17. The average molecular weight is 304 g/mol. The van der Waals surface area contributed by atoms with Crippen molar-refractivity contribution >= 4 is 5.91 Å². The van der Waals surface area contributed by atoms with Gasteiger partial charge < -0.3 is 14.3 Å². The van der Waals surface area contributed by atoms with Crippen LogP contribution in [0.3, 0.4) is 0 Å². The first-order chi connectivity index (χ1) is 10.5. The quantitative estimate of drug-likeness (QED) is 0.929. The second-order valence-corrected chi connectivity index (χ2v) is 5.97. The third-order valence-electron chi connectivity index (χ3n) is 4.17. The summed E-state index contributed by atoms with van der Waals surface area (Å²) in [5.41, 5.74) is 1.18. The molecule has 0 aromatic carbocycles. The van der Waals surface area contributed by atoms with Crippen molar-refractivity contribution in [1.29, 1.82) is 0 Å². The summed E-state index contributed by atoms with van der Waals surface area (Å²) in [6.07, 6.45) is 3.72. The van der Waals surface area contributed by atoms with Crippen LogP contribution in [0.5, 0.6) is 0 Å². The third kappa shape index (κ3) is 3.03. The maximum atomic E-state index is 12.3. The smallest absolute Gasteiger partial charge is 0.257 e. The number of amides is 1. The summed E-state index contributed by atoms with van der Waals surface area (Å²) in [6, 6.07) is 0.176. The molecule has 0 saturated heterocycles. The highest BCUT2D eigenvalue weighted by molar-refractivity contribution is 5.96. The van der Waals surface area contributed by atoms with Crippen molar-refractivity contribution in [1.82, 2.24) is 20.7 Å². The fourth-order valence-corrected chi connectivity index (χ4v) is 3.12. The van der Waals surface area contributed by atoms with E-state index in [-0.39, 0.29) is 11.9 Å². The Bertz CT molecular complexity index is 657. The molecule has 0 aliphatic heterocycles. The molecule has 1 saturated carbocycles. The zero-order valence-electron chi connectivity index (χ0n) is 13.0. The second kappa shape index (κ2) is 5.90. The summed E-state index contributed by atoms with van der Waals surface area (Å²) in [5.74, 6) is 2.20. The van der Waals surface area contributed by atoms with E-state index in [9.17, 15) is 4.79 Å². The molecule has 0 spiro atoms. The number of rotatable bonds is 4. The minimum atomic E-state index is -0.101. The highest BCUT2D eigenvalue weighted by Gasteiger charge is 2.29. The van der Waals surface area contributed by atoms with Crippen molar-refractivity contribution in [3.8, 4) is 0 Å². The zero-order valence-corrected chi connectivity index (χ0v) is 13.0. The molecule has 0 bridgehead atoms. The van der Waals surface area contributed by atoms with Crippen molar-refractivity contribution in [2.45, 2.75) is 52.5 Å². The molecule has 1 aliphatic carbocycles. The van der Waals surface area contributed by atoms with Crippen LogP contribution in [-0.4, -0.2) is 27.3 Å².